The Kier molecular flexibility index (Phi) is 10.5. The Bertz CT molecular complexity index is 1540. The molecule has 4 N–H and O–H groups in total. The van der Waals surface area contributed by atoms with Gasteiger partial charge in [-0.2, -0.15) is 0 Å². The van der Waals surface area contributed by atoms with E-state index in [1.54, 1.807) is 31.5 Å². The highest BCUT2D eigenvalue weighted by Crippen LogP contribution is 2.29. The van der Waals surface area contributed by atoms with Crippen LogP contribution in [-0.4, -0.2) is 62.8 Å². The maximum absolute atomic E-state index is 15.1. The molecule has 2 aromatic carbocycles. The van der Waals surface area contributed by atoms with Crippen molar-refractivity contribution in [2.45, 2.75) is 50.1 Å². The van der Waals surface area contributed by atoms with Gasteiger partial charge in [-0.15, -0.1) is 0 Å². The van der Waals surface area contributed by atoms with Crippen LogP contribution in [0.25, 0.3) is 22.3 Å². The summed E-state index contributed by atoms with van der Waals surface area (Å²) in [6.07, 6.45) is 6.06. The first-order valence-corrected chi connectivity index (χ1v) is 14.9. The lowest BCUT2D eigenvalue weighted by atomic mass is 9.91. The van der Waals surface area contributed by atoms with Gasteiger partial charge in [0, 0.05) is 33.2 Å². The molecule has 12 heteroatoms. The van der Waals surface area contributed by atoms with Crippen LogP contribution in [-0.2, 0) is 28.1 Å². The lowest BCUT2D eigenvalue weighted by Crippen LogP contribution is -2.36. The van der Waals surface area contributed by atoms with Gasteiger partial charge in [0.05, 0.1) is 35.5 Å². The molecule has 1 atom stereocenters. The molecule has 42 heavy (non-hydrogen) atoms. The fourth-order valence-corrected chi connectivity index (χ4v) is 6.12. The van der Waals surface area contributed by atoms with E-state index in [0.29, 0.717) is 52.5 Å². The molecule has 0 bridgehead atoms. The molecule has 9 nitrogen and oxygen atoms in total. The number of anilines is 2. The first-order valence-electron chi connectivity index (χ1n) is 13.6. The topological polar surface area (TPSA) is 124 Å². The molecule has 0 radical (unpaired) electrons. The molecule has 2 heterocycles. The Morgan fingerprint density at radius 3 is 2.45 bits per heavy atom. The van der Waals surface area contributed by atoms with Crippen molar-refractivity contribution in [3.63, 3.8) is 0 Å². The van der Waals surface area contributed by atoms with Crippen LogP contribution >= 0.6 is 0 Å². The van der Waals surface area contributed by atoms with Crippen molar-refractivity contribution in [1.29, 1.82) is 0 Å². The van der Waals surface area contributed by atoms with Gasteiger partial charge < -0.3 is 25.2 Å². The highest BCUT2D eigenvalue weighted by Gasteiger charge is 2.23. The fourth-order valence-electron chi connectivity index (χ4n) is 5.14. The van der Waals surface area contributed by atoms with E-state index in [4.69, 9.17) is 14.7 Å². The number of hydrogen-bond donors (Lipinski definition) is 2. The molecule has 2 aromatic heterocycles. The summed E-state index contributed by atoms with van der Waals surface area (Å²) in [5.41, 5.74) is 3.97. The average molecular weight is 603 g/mol. The number of halogens is 2. The van der Waals surface area contributed by atoms with Gasteiger partial charge in [-0.3, -0.25) is 0 Å². The second-order valence-electron chi connectivity index (χ2n) is 10.6. The van der Waals surface area contributed by atoms with Gasteiger partial charge >= 0.3 is 0 Å². The Morgan fingerprint density at radius 1 is 1.05 bits per heavy atom. The molecule has 5 rings (SSSR count). The smallest absolute Gasteiger partial charge is 0.223 e. The summed E-state index contributed by atoms with van der Waals surface area (Å²) in [7, 11) is 4.28. The lowest BCUT2D eigenvalue weighted by molar-refractivity contribution is 0.186. The van der Waals surface area contributed by atoms with Crippen molar-refractivity contribution in [2.24, 2.45) is 0 Å². The van der Waals surface area contributed by atoms with E-state index < -0.39 is 16.8 Å². The van der Waals surface area contributed by atoms with Crippen molar-refractivity contribution >= 4 is 33.7 Å². The SMILES string of the molecule is COCc1cc(-c2ccc(NS(=O)Cc3ccc(F)cc3)c(F)c2)nc2cnc(NC3CCC(N(C)C)CC3)nc12.O.[HH].[HH]. The number of ether oxygens (including phenoxy) is 1. The zero-order chi connectivity index (χ0) is 28.9. The summed E-state index contributed by atoms with van der Waals surface area (Å²) >= 11 is 0. The quantitative estimate of drug-likeness (QED) is 0.251. The molecule has 1 unspecified atom stereocenters. The zero-order valence-electron chi connectivity index (χ0n) is 23.9. The number of benzene rings is 2. The second kappa shape index (κ2) is 14.1. The van der Waals surface area contributed by atoms with Crippen LogP contribution in [0.4, 0.5) is 20.4 Å². The minimum absolute atomic E-state index is 0. The van der Waals surface area contributed by atoms with Crippen molar-refractivity contribution in [2.75, 3.05) is 31.2 Å². The third-order valence-corrected chi connectivity index (χ3v) is 8.43. The minimum atomic E-state index is -1.59. The largest absolute Gasteiger partial charge is 0.412 e. The number of nitrogens with one attached hydrogen (secondary N) is 2. The normalized spacial score (nSPS) is 17.6. The second-order valence-corrected chi connectivity index (χ2v) is 11.7. The van der Waals surface area contributed by atoms with Crippen LogP contribution < -0.4 is 10.0 Å². The molecular formula is C30H40F2N6O3S. The van der Waals surface area contributed by atoms with Gasteiger partial charge in [-0.05, 0) is 75.7 Å². The summed E-state index contributed by atoms with van der Waals surface area (Å²) < 4.78 is 48.8. The molecule has 0 amide bonds. The number of rotatable bonds is 10. The summed E-state index contributed by atoms with van der Waals surface area (Å²) in [4.78, 5) is 16.3. The van der Waals surface area contributed by atoms with E-state index >= 15 is 4.39 Å². The van der Waals surface area contributed by atoms with Crippen LogP contribution in [0.5, 0.6) is 0 Å². The molecule has 0 saturated heterocycles. The van der Waals surface area contributed by atoms with Crippen LogP contribution in [0.3, 0.4) is 0 Å². The van der Waals surface area contributed by atoms with Gasteiger partial charge in [0.2, 0.25) is 5.95 Å². The van der Waals surface area contributed by atoms with Crippen LogP contribution in [0, 0.1) is 11.6 Å². The third-order valence-electron chi connectivity index (χ3n) is 7.39. The first-order chi connectivity index (χ1) is 19.8. The van der Waals surface area contributed by atoms with Crippen molar-refractivity contribution in [1.82, 2.24) is 19.9 Å². The molecule has 0 aliphatic heterocycles. The van der Waals surface area contributed by atoms with E-state index in [2.05, 4.69) is 34.0 Å². The maximum atomic E-state index is 15.1. The predicted molar refractivity (Wildman–Crippen MR) is 167 cm³/mol. The first kappa shape index (κ1) is 31.4. The molecule has 4 aromatic rings. The Morgan fingerprint density at radius 2 is 1.79 bits per heavy atom. The van der Waals surface area contributed by atoms with E-state index in [1.165, 1.54) is 24.3 Å². The van der Waals surface area contributed by atoms with Gasteiger partial charge in [-0.25, -0.2) is 27.9 Å². The van der Waals surface area contributed by atoms with Gasteiger partial charge in [-0.1, -0.05) is 18.2 Å². The summed E-state index contributed by atoms with van der Waals surface area (Å²) in [6, 6.07) is 13.1. The van der Waals surface area contributed by atoms with Crippen LogP contribution in [0.1, 0.15) is 39.7 Å². The minimum Gasteiger partial charge on any atom is -0.412 e. The number of methoxy groups -OCH3 is 1. The number of fused-ring (bicyclic) bond motifs is 1. The zero-order valence-corrected chi connectivity index (χ0v) is 24.7. The molecule has 228 valence electrons. The van der Waals surface area contributed by atoms with Crippen LogP contribution in [0.15, 0.2) is 54.7 Å². The molecule has 1 aliphatic carbocycles. The molecule has 0 spiro atoms. The van der Waals surface area contributed by atoms with Crippen molar-refractivity contribution in [3.05, 3.63) is 77.5 Å². The summed E-state index contributed by atoms with van der Waals surface area (Å²) in [5, 5.41) is 3.49. The van der Waals surface area contributed by atoms with E-state index in [-0.39, 0.29) is 25.6 Å². The molecular weight excluding hydrogens is 562 g/mol. The van der Waals surface area contributed by atoms with Gasteiger partial charge in [0.25, 0.3) is 0 Å². The predicted octanol–water partition coefficient (Wildman–Crippen LogP) is 5.34. The van der Waals surface area contributed by atoms with E-state index in [1.807, 2.05) is 6.07 Å². The fraction of sp³-hybridized carbons (Fsp3) is 0.367. The Labute approximate surface area is 249 Å². The van der Waals surface area contributed by atoms with Crippen molar-refractivity contribution in [3.8, 4) is 11.3 Å². The third kappa shape index (κ3) is 7.62. The van der Waals surface area contributed by atoms with Gasteiger partial charge in [0.1, 0.15) is 28.1 Å². The Balaban J connectivity index is 0.00000225. The molecule has 1 saturated carbocycles. The maximum Gasteiger partial charge on any atom is 0.223 e. The number of aromatic nitrogens is 3. The Hall–Kier alpha value is -3.58. The summed E-state index contributed by atoms with van der Waals surface area (Å²) in [5.74, 6) is -0.258. The van der Waals surface area contributed by atoms with Crippen molar-refractivity contribution < 1.29 is 26.1 Å². The van der Waals surface area contributed by atoms with E-state index in [9.17, 15) is 8.60 Å². The van der Waals surface area contributed by atoms with Gasteiger partial charge in [0.15, 0.2) is 0 Å². The monoisotopic (exact) mass is 602 g/mol. The number of hydrogen-bond acceptors (Lipinski definition) is 7. The summed E-state index contributed by atoms with van der Waals surface area (Å²) in [6.45, 7) is 0.306. The lowest BCUT2D eigenvalue weighted by Gasteiger charge is -2.32. The standard InChI is InChI=1S/C30H34F2N6O2S.H2O.2H2/c1-38(2)24-11-9-23(10-12-24)34-30-33-16-28-29(36-30)21(17-40-3)15-27(35-28)20-6-13-26(25(32)14-20)37-41(39)18-19-4-7-22(31)8-5-19;;;/h4-8,13-16,23-24,37H,9-12,17-18H2,1-3H3,(H,33,34,36);1H2;2*1H. The highest BCUT2D eigenvalue weighted by molar-refractivity contribution is 7.85. The highest BCUT2D eigenvalue weighted by atomic mass is 32.2. The molecule has 1 fully saturated rings. The average Bonchev–Trinajstić information content (AvgIpc) is 2.96. The number of nitrogens with zero attached hydrogens (tertiary/aromatic N) is 4. The van der Waals surface area contributed by atoms with Crippen LogP contribution in [0.2, 0.25) is 0 Å². The van der Waals surface area contributed by atoms with E-state index in [0.717, 1.165) is 31.2 Å². The molecule has 1 aliphatic rings. The number of pyridine rings is 1.